The molecule has 1 atom stereocenters. The van der Waals surface area contributed by atoms with Crippen molar-refractivity contribution in [2.45, 2.75) is 19.9 Å². The second-order valence-corrected chi connectivity index (χ2v) is 6.08. The molecule has 0 spiro atoms. The van der Waals surface area contributed by atoms with Gasteiger partial charge in [0.25, 0.3) is 0 Å². The van der Waals surface area contributed by atoms with Crippen molar-refractivity contribution in [2.24, 2.45) is 0 Å². The predicted molar refractivity (Wildman–Crippen MR) is 92.4 cm³/mol. The van der Waals surface area contributed by atoms with E-state index in [-0.39, 0.29) is 6.04 Å². The van der Waals surface area contributed by atoms with Crippen molar-refractivity contribution >= 4 is 27.5 Å². The summed E-state index contributed by atoms with van der Waals surface area (Å²) >= 11 is 9.88. The van der Waals surface area contributed by atoms with Gasteiger partial charge < -0.3 is 10.1 Å². The molecule has 2 aromatic rings. The summed E-state index contributed by atoms with van der Waals surface area (Å²) in [4.78, 5) is 0. The van der Waals surface area contributed by atoms with E-state index >= 15 is 0 Å². The smallest absolute Gasteiger partial charge is 0.124 e. The Hall–Kier alpha value is -1.03. The highest BCUT2D eigenvalue weighted by atomic mass is 79.9. The Balaban J connectivity index is 2.58. The zero-order valence-electron chi connectivity index (χ0n) is 12.4. The number of ether oxygens (including phenoxy) is 1. The van der Waals surface area contributed by atoms with Gasteiger partial charge in [0, 0.05) is 15.1 Å². The number of hydrogen-bond donors (Lipinski definition) is 1. The summed E-state index contributed by atoms with van der Waals surface area (Å²) in [7, 11) is 1.68. The molecule has 112 valence electrons. The maximum atomic E-state index is 6.18. The lowest BCUT2D eigenvalue weighted by molar-refractivity contribution is 0.404. The lowest BCUT2D eigenvalue weighted by atomic mass is 9.96. The fourth-order valence-corrected chi connectivity index (χ4v) is 3.09. The minimum atomic E-state index is 0.0259. The van der Waals surface area contributed by atoms with Crippen molar-refractivity contribution in [2.75, 3.05) is 13.7 Å². The molecule has 0 saturated heterocycles. The molecule has 4 heteroatoms. The normalized spacial score (nSPS) is 12.2. The highest BCUT2D eigenvalue weighted by Crippen LogP contribution is 2.36. The first kappa shape index (κ1) is 16.3. The van der Waals surface area contributed by atoms with E-state index in [9.17, 15) is 0 Å². The summed E-state index contributed by atoms with van der Waals surface area (Å²) in [6.07, 6.45) is 0. The van der Waals surface area contributed by atoms with Crippen LogP contribution in [0.3, 0.4) is 0 Å². The SMILES string of the molecule is CCNC(c1cc(Cl)ccc1OC)c1cccc(C)c1Br. The second-order valence-electron chi connectivity index (χ2n) is 4.86. The lowest BCUT2D eigenvalue weighted by Crippen LogP contribution is -2.23. The lowest BCUT2D eigenvalue weighted by Gasteiger charge is -2.23. The third-order valence-corrected chi connectivity index (χ3v) is 4.76. The molecule has 0 fully saturated rings. The molecule has 0 radical (unpaired) electrons. The number of rotatable bonds is 5. The largest absolute Gasteiger partial charge is 0.496 e. The molecule has 1 unspecified atom stereocenters. The average Bonchev–Trinajstić information content (AvgIpc) is 2.48. The molecule has 21 heavy (non-hydrogen) atoms. The molecule has 0 saturated carbocycles. The van der Waals surface area contributed by atoms with Crippen LogP contribution in [0.25, 0.3) is 0 Å². The number of halogens is 2. The van der Waals surface area contributed by atoms with Crippen LogP contribution in [0.4, 0.5) is 0 Å². The van der Waals surface area contributed by atoms with Gasteiger partial charge in [0.05, 0.1) is 13.2 Å². The Morgan fingerprint density at radius 3 is 2.67 bits per heavy atom. The molecule has 2 aromatic carbocycles. The third kappa shape index (κ3) is 3.60. The summed E-state index contributed by atoms with van der Waals surface area (Å²) in [6, 6.07) is 12.0. The van der Waals surface area contributed by atoms with E-state index in [2.05, 4.69) is 53.3 Å². The van der Waals surface area contributed by atoms with E-state index in [0.717, 1.165) is 22.3 Å². The number of hydrogen-bond acceptors (Lipinski definition) is 2. The van der Waals surface area contributed by atoms with Gasteiger partial charge in [0.1, 0.15) is 5.75 Å². The van der Waals surface area contributed by atoms with Crippen LogP contribution >= 0.6 is 27.5 Å². The summed E-state index contributed by atoms with van der Waals surface area (Å²) < 4.78 is 6.61. The van der Waals surface area contributed by atoms with Gasteiger partial charge >= 0.3 is 0 Å². The van der Waals surface area contributed by atoms with E-state index in [1.807, 2.05) is 18.2 Å². The quantitative estimate of drug-likeness (QED) is 0.791. The zero-order valence-corrected chi connectivity index (χ0v) is 14.8. The van der Waals surface area contributed by atoms with E-state index in [4.69, 9.17) is 16.3 Å². The van der Waals surface area contributed by atoms with E-state index in [1.54, 1.807) is 7.11 Å². The molecule has 0 amide bonds. The molecule has 2 nitrogen and oxygen atoms in total. The van der Waals surface area contributed by atoms with Crippen LogP contribution in [0.2, 0.25) is 5.02 Å². The van der Waals surface area contributed by atoms with Crippen molar-refractivity contribution in [3.63, 3.8) is 0 Å². The summed E-state index contributed by atoms with van der Waals surface area (Å²) in [5.74, 6) is 0.832. The third-order valence-electron chi connectivity index (χ3n) is 3.44. The van der Waals surface area contributed by atoms with Crippen molar-refractivity contribution in [1.82, 2.24) is 5.32 Å². The van der Waals surface area contributed by atoms with Crippen LogP contribution in [-0.2, 0) is 0 Å². The molecule has 0 bridgehead atoms. The van der Waals surface area contributed by atoms with Crippen LogP contribution in [0.5, 0.6) is 5.75 Å². The molecule has 0 aliphatic carbocycles. The molecule has 0 aliphatic rings. The first-order chi connectivity index (χ1) is 10.1. The van der Waals surface area contributed by atoms with Crippen LogP contribution in [0.1, 0.15) is 29.7 Å². The van der Waals surface area contributed by atoms with Crippen LogP contribution in [0, 0.1) is 6.92 Å². The summed E-state index contributed by atoms with van der Waals surface area (Å²) in [5, 5.41) is 4.22. The Morgan fingerprint density at radius 1 is 1.24 bits per heavy atom. The standard InChI is InChI=1S/C17H19BrClNO/c1-4-20-17(13-7-5-6-11(2)16(13)18)14-10-12(19)8-9-15(14)21-3/h5-10,17,20H,4H2,1-3H3. The fourth-order valence-electron chi connectivity index (χ4n) is 2.42. The average molecular weight is 369 g/mol. The maximum absolute atomic E-state index is 6.18. The zero-order chi connectivity index (χ0) is 15.4. The second kappa shape index (κ2) is 7.30. The monoisotopic (exact) mass is 367 g/mol. The topological polar surface area (TPSA) is 21.3 Å². The highest BCUT2D eigenvalue weighted by Gasteiger charge is 2.20. The minimum absolute atomic E-state index is 0.0259. The minimum Gasteiger partial charge on any atom is -0.496 e. The fraction of sp³-hybridized carbons (Fsp3) is 0.294. The molecule has 0 aromatic heterocycles. The van der Waals surface area contributed by atoms with Crippen LogP contribution < -0.4 is 10.1 Å². The van der Waals surface area contributed by atoms with Gasteiger partial charge in [-0.15, -0.1) is 0 Å². The van der Waals surface area contributed by atoms with Crippen molar-refractivity contribution in [3.8, 4) is 5.75 Å². The van der Waals surface area contributed by atoms with Crippen LogP contribution in [-0.4, -0.2) is 13.7 Å². The molecule has 0 aliphatic heterocycles. The number of benzene rings is 2. The Bertz CT molecular complexity index is 630. The van der Waals surface area contributed by atoms with Gasteiger partial charge in [-0.1, -0.05) is 52.7 Å². The predicted octanol–water partition coefficient (Wildman–Crippen LogP) is 5.12. The number of aryl methyl sites for hydroxylation is 1. The Kier molecular flexibility index (Phi) is 5.68. The van der Waals surface area contributed by atoms with Gasteiger partial charge in [0.15, 0.2) is 0 Å². The summed E-state index contributed by atoms with van der Waals surface area (Å²) in [6.45, 7) is 5.03. The van der Waals surface area contributed by atoms with E-state index < -0.39 is 0 Å². The maximum Gasteiger partial charge on any atom is 0.124 e. The first-order valence-corrected chi connectivity index (χ1v) is 8.07. The van der Waals surface area contributed by atoms with E-state index in [1.165, 1.54) is 11.1 Å². The van der Waals surface area contributed by atoms with Crippen LogP contribution in [0.15, 0.2) is 40.9 Å². The van der Waals surface area contributed by atoms with Gasteiger partial charge in [0.2, 0.25) is 0 Å². The van der Waals surface area contributed by atoms with Gasteiger partial charge in [-0.2, -0.15) is 0 Å². The number of nitrogens with one attached hydrogen (secondary N) is 1. The van der Waals surface area contributed by atoms with E-state index in [0.29, 0.717) is 5.02 Å². The number of methoxy groups -OCH3 is 1. The molecule has 1 N–H and O–H groups in total. The van der Waals surface area contributed by atoms with Gasteiger partial charge in [-0.3, -0.25) is 0 Å². The highest BCUT2D eigenvalue weighted by molar-refractivity contribution is 9.10. The Labute approximate surface area is 139 Å². The molecular weight excluding hydrogens is 350 g/mol. The molecule has 0 heterocycles. The van der Waals surface area contributed by atoms with Crippen molar-refractivity contribution in [1.29, 1.82) is 0 Å². The molecular formula is C17H19BrClNO. The van der Waals surface area contributed by atoms with Crippen molar-refractivity contribution in [3.05, 3.63) is 62.6 Å². The Morgan fingerprint density at radius 2 is 2.00 bits per heavy atom. The van der Waals surface area contributed by atoms with Gasteiger partial charge in [-0.05, 0) is 42.8 Å². The first-order valence-electron chi connectivity index (χ1n) is 6.90. The van der Waals surface area contributed by atoms with Gasteiger partial charge in [-0.25, -0.2) is 0 Å². The van der Waals surface area contributed by atoms with Crippen molar-refractivity contribution < 1.29 is 4.74 Å². The summed E-state index contributed by atoms with van der Waals surface area (Å²) in [5.41, 5.74) is 3.42. The molecule has 2 rings (SSSR count).